The van der Waals surface area contributed by atoms with E-state index in [1.54, 1.807) is 22.8 Å². The zero-order valence-corrected chi connectivity index (χ0v) is 10.1. The Morgan fingerprint density at radius 1 is 1.31 bits per heavy atom. The molecule has 0 saturated carbocycles. The van der Waals surface area contributed by atoms with Crippen LogP contribution in [0.3, 0.4) is 0 Å². The first-order chi connectivity index (χ1) is 7.75. The molecule has 2 rings (SSSR count). The molecule has 0 aliphatic rings. The van der Waals surface area contributed by atoms with E-state index in [0.717, 1.165) is 18.0 Å². The molecule has 0 radical (unpaired) electrons. The Morgan fingerprint density at radius 3 is 2.75 bits per heavy atom. The smallest absolute Gasteiger partial charge is 0.336 e. The van der Waals surface area contributed by atoms with Gasteiger partial charge in [-0.1, -0.05) is 6.07 Å². The predicted molar refractivity (Wildman–Crippen MR) is 66.1 cm³/mol. The predicted octanol–water partition coefficient (Wildman–Crippen LogP) is 2.80. The maximum absolute atomic E-state index is 10.7. The van der Waals surface area contributed by atoms with Gasteiger partial charge in [-0.3, -0.25) is 0 Å². The van der Waals surface area contributed by atoms with E-state index in [1.165, 1.54) is 16.2 Å². The van der Waals surface area contributed by atoms with Crippen LogP contribution in [0.25, 0.3) is 0 Å². The van der Waals surface area contributed by atoms with Gasteiger partial charge < -0.3 is 10.4 Å². The van der Waals surface area contributed by atoms with E-state index in [1.807, 2.05) is 11.4 Å². The Morgan fingerprint density at radius 2 is 2.12 bits per heavy atom. The van der Waals surface area contributed by atoms with Crippen molar-refractivity contribution in [3.63, 3.8) is 0 Å². The quantitative estimate of drug-likeness (QED) is 0.861. The minimum atomic E-state index is -0.860. The highest BCUT2D eigenvalue weighted by atomic mass is 32.1. The van der Waals surface area contributed by atoms with E-state index in [-0.39, 0.29) is 0 Å². The average Bonchev–Trinajstić information content (AvgIpc) is 2.87. The third-order valence-corrected chi connectivity index (χ3v) is 3.89. The molecular weight excluding hydrogens is 242 g/mol. The number of nitrogens with one attached hydrogen (secondary N) is 1. The number of carbonyl (C=O) groups is 1. The minimum Gasteiger partial charge on any atom is -0.478 e. The van der Waals surface area contributed by atoms with Crippen LogP contribution in [0.15, 0.2) is 29.0 Å². The van der Waals surface area contributed by atoms with Gasteiger partial charge in [-0.25, -0.2) is 4.79 Å². The second kappa shape index (κ2) is 5.25. The highest BCUT2D eigenvalue weighted by Gasteiger charge is 2.05. The molecule has 0 bridgehead atoms. The van der Waals surface area contributed by atoms with Crippen molar-refractivity contribution in [1.29, 1.82) is 0 Å². The zero-order chi connectivity index (χ0) is 11.4. The zero-order valence-electron chi connectivity index (χ0n) is 8.47. The van der Waals surface area contributed by atoms with E-state index in [2.05, 4.69) is 11.4 Å². The van der Waals surface area contributed by atoms with Crippen LogP contribution in [0.4, 0.5) is 0 Å². The summed E-state index contributed by atoms with van der Waals surface area (Å²) in [6.07, 6.45) is 0. The van der Waals surface area contributed by atoms with Crippen LogP contribution in [-0.4, -0.2) is 11.1 Å². The van der Waals surface area contributed by atoms with Gasteiger partial charge in [0.25, 0.3) is 0 Å². The number of carboxylic acid groups (broad SMARTS) is 1. The fourth-order valence-electron chi connectivity index (χ4n) is 1.31. The van der Waals surface area contributed by atoms with E-state index in [4.69, 9.17) is 5.11 Å². The Labute approximate surface area is 101 Å². The maximum Gasteiger partial charge on any atom is 0.336 e. The van der Waals surface area contributed by atoms with Crippen molar-refractivity contribution in [3.05, 3.63) is 44.3 Å². The summed E-state index contributed by atoms with van der Waals surface area (Å²) in [5.41, 5.74) is 0.373. The van der Waals surface area contributed by atoms with E-state index in [9.17, 15) is 4.79 Å². The minimum absolute atomic E-state index is 0.373. The third-order valence-electron chi connectivity index (χ3n) is 2.08. The van der Waals surface area contributed by atoms with Crippen LogP contribution in [-0.2, 0) is 13.1 Å². The molecule has 0 aliphatic heterocycles. The van der Waals surface area contributed by atoms with Gasteiger partial charge in [0, 0.05) is 28.2 Å². The topological polar surface area (TPSA) is 49.3 Å². The van der Waals surface area contributed by atoms with Crippen LogP contribution in [0.1, 0.15) is 20.1 Å². The number of hydrogen-bond acceptors (Lipinski definition) is 4. The first-order valence-corrected chi connectivity index (χ1v) is 6.55. The molecule has 2 aromatic rings. The number of rotatable bonds is 5. The Hall–Kier alpha value is -1.17. The lowest BCUT2D eigenvalue weighted by molar-refractivity contribution is 0.0697. The van der Waals surface area contributed by atoms with Gasteiger partial charge in [-0.2, -0.15) is 0 Å². The number of hydrogen-bond donors (Lipinski definition) is 2. The number of thiophene rings is 2. The number of carboxylic acids is 1. The van der Waals surface area contributed by atoms with Crippen molar-refractivity contribution < 1.29 is 9.90 Å². The molecule has 2 N–H and O–H groups in total. The molecule has 2 heterocycles. The summed E-state index contributed by atoms with van der Waals surface area (Å²) >= 11 is 3.19. The lowest BCUT2D eigenvalue weighted by atomic mass is 10.3. The van der Waals surface area contributed by atoms with Crippen molar-refractivity contribution in [1.82, 2.24) is 5.32 Å². The molecule has 2 aromatic heterocycles. The monoisotopic (exact) mass is 253 g/mol. The second-order valence-corrected chi connectivity index (χ2v) is 5.32. The molecule has 84 valence electrons. The van der Waals surface area contributed by atoms with E-state index in [0.29, 0.717) is 5.56 Å². The molecule has 0 amide bonds. The fraction of sp³-hybridized carbons (Fsp3) is 0.182. The summed E-state index contributed by atoms with van der Waals surface area (Å²) in [6, 6.07) is 5.82. The van der Waals surface area contributed by atoms with Gasteiger partial charge in [0.05, 0.1) is 5.56 Å². The molecule has 0 unspecified atom stereocenters. The third kappa shape index (κ3) is 2.91. The van der Waals surface area contributed by atoms with Gasteiger partial charge in [-0.05, 0) is 17.5 Å². The molecular formula is C11H11NO2S2. The average molecular weight is 253 g/mol. The van der Waals surface area contributed by atoms with Gasteiger partial charge in [0.1, 0.15) is 0 Å². The van der Waals surface area contributed by atoms with E-state index < -0.39 is 5.97 Å². The van der Waals surface area contributed by atoms with Crippen LogP contribution in [0.5, 0.6) is 0 Å². The summed E-state index contributed by atoms with van der Waals surface area (Å²) in [7, 11) is 0. The lowest BCUT2D eigenvalue weighted by Gasteiger charge is -1.99. The summed E-state index contributed by atoms with van der Waals surface area (Å²) < 4.78 is 0. The summed E-state index contributed by atoms with van der Waals surface area (Å²) in [6.45, 7) is 1.55. The number of aromatic carboxylic acids is 1. The molecule has 0 fully saturated rings. The van der Waals surface area contributed by atoms with Crippen molar-refractivity contribution in [2.75, 3.05) is 0 Å². The standard InChI is InChI=1S/C11H11NO2S2/c13-11(14)8-4-10(16-7-8)6-12-5-9-2-1-3-15-9/h1-4,7,12H,5-6H2,(H,13,14). The first kappa shape index (κ1) is 11.3. The fourth-order valence-corrected chi connectivity index (χ4v) is 2.81. The van der Waals surface area contributed by atoms with E-state index >= 15 is 0 Å². The van der Waals surface area contributed by atoms with Crippen molar-refractivity contribution >= 4 is 28.6 Å². The first-order valence-electron chi connectivity index (χ1n) is 4.79. The molecule has 0 aromatic carbocycles. The highest BCUT2D eigenvalue weighted by Crippen LogP contribution is 2.15. The van der Waals surface area contributed by atoms with Crippen molar-refractivity contribution in [2.24, 2.45) is 0 Å². The van der Waals surface area contributed by atoms with Crippen LogP contribution < -0.4 is 5.32 Å². The van der Waals surface area contributed by atoms with Crippen molar-refractivity contribution in [2.45, 2.75) is 13.1 Å². The molecule has 0 spiro atoms. The SMILES string of the molecule is O=C(O)c1csc(CNCc2cccs2)c1. The molecule has 5 heteroatoms. The summed E-state index contributed by atoms with van der Waals surface area (Å²) in [5.74, 6) is -0.860. The largest absolute Gasteiger partial charge is 0.478 e. The summed E-state index contributed by atoms with van der Waals surface area (Å²) in [4.78, 5) is 13.0. The van der Waals surface area contributed by atoms with Crippen LogP contribution in [0, 0.1) is 0 Å². The van der Waals surface area contributed by atoms with Gasteiger partial charge in [0.2, 0.25) is 0 Å². The lowest BCUT2D eigenvalue weighted by Crippen LogP contribution is -2.10. The van der Waals surface area contributed by atoms with Gasteiger partial charge >= 0.3 is 5.97 Å². The molecule has 0 saturated heterocycles. The molecule has 0 aliphatic carbocycles. The summed E-state index contributed by atoms with van der Waals surface area (Å²) in [5, 5.41) is 15.8. The van der Waals surface area contributed by atoms with Crippen LogP contribution in [0.2, 0.25) is 0 Å². The van der Waals surface area contributed by atoms with Crippen molar-refractivity contribution in [3.8, 4) is 0 Å². The molecule has 0 atom stereocenters. The normalized spacial score (nSPS) is 10.5. The highest BCUT2D eigenvalue weighted by molar-refractivity contribution is 7.10. The Balaban J connectivity index is 1.83. The second-order valence-electron chi connectivity index (χ2n) is 3.29. The molecule has 3 nitrogen and oxygen atoms in total. The Bertz CT molecular complexity index is 462. The molecule has 16 heavy (non-hydrogen) atoms. The van der Waals surface area contributed by atoms with Gasteiger partial charge in [0.15, 0.2) is 0 Å². The van der Waals surface area contributed by atoms with Gasteiger partial charge in [-0.15, -0.1) is 22.7 Å². The van der Waals surface area contributed by atoms with Crippen LogP contribution >= 0.6 is 22.7 Å². The Kier molecular flexibility index (Phi) is 3.71. The maximum atomic E-state index is 10.7.